The Kier molecular flexibility index (Phi) is 6.92. The molecule has 1 rings (SSSR count). The number of hydrogen-bond donors (Lipinski definition) is 1. The number of hydrogen-bond acceptors (Lipinski definition) is 2. The second kappa shape index (κ2) is 7.98. The van der Waals surface area contributed by atoms with E-state index in [1.807, 2.05) is 0 Å². The largest absolute Gasteiger partial charge is 0.312 e. The number of aromatic nitrogens is 2. The summed E-state index contributed by atoms with van der Waals surface area (Å²) in [7, 11) is 0. The molecule has 1 aromatic rings. The van der Waals surface area contributed by atoms with Crippen molar-refractivity contribution in [1.29, 1.82) is 0 Å². The third-order valence-electron chi connectivity index (χ3n) is 3.80. The van der Waals surface area contributed by atoms with E-state index in [1.165, 1.54) is 17.8 Å². The summed E-state index contributed by atoms with van der Waals surface area (Å²) in [5.41, 5.74) is 2.81. The zero-order chi connectivity index (χ0) is 16.0. The summed E-state index contributed by atoms with van der Waals surface area (Å²) in [4.78, 5) is 0. The summed E-state index contributed by atoms with van der Waals surface area (Å²) in [6.45, 7) is 17.8. The summed E-state index contributed by atoms with van der Waals surface area (Å²) < 4.78 is 2.18. The fraction of sp³-hybridized carbons (Fsp3) is 0.833. The van der Waals surface area contributed by atoms with Crippen molar-refractivity contribution in [2.75, 3.05) is 6.54 Å². The van der Waals surface area contributed by atoms with Gasteiger partial charge in [0.15, 0.2) is 0 Å². The molecule has 0 fully saturated rings. The van der Waals surface area contributed by atoms with Gasteiger partial charge in [-0.25, -0.2) is 0 Å². The predicted octanol–water partition coefficient (Wildman–Crippen LogP) is 4.06. The third-order valence-corrected chi connectivity index (χ3v) is 3.80. The first-order valence-corrected chi connectivity index (χ1v) is 8.55. The fourth-order valence-electron chi connectivity index (χ4n) is 2.78. The van der Waals surface area contributed by atoms with Crippen LogP contribution < -0.4 is 5.32 Å². The molecule has 0 amide bonds. The highest BCUT2D eigenvalue weighted by Gasteiger charge is 2.18. The van der Waals surface area contributed by atoms with Crippen molar-refractivity contribution in [2.45, 2.75) is 79.8 Å². The van der Waals surface area contributed by atoms with Crippen molar-refractivity contribution in [3.63, 3.8) is 0 Å². The van der Waals surface area contributed by atoms with E-state index in [0.717, 1.165) is 31.8 Å². The van der Waals surface area contributed by atoms with Gasteiger partial charge in [0.2, 0.25) is 0 Å². The Balaban J connectivity index is 2.77. The third kappa shape index (κ3) is 6.64. The van der Waals surface area contributed by atoms with Gasteiger partial charge in [0.05, 0.1) is 5.69 Å². The van der Waals surface area contributed by atoms with Gasteiger partial charge in [0.1, 0.15) is 0 Å². The molecule has 0 spiro atoms. The molecule has 1 atom stereocenters. The molecule has 3 heteroatoms. The highest BCUT2D eigenvalue weighted by molar-refractivity contribution is 5.11. The van der Waals surface area contributed by atoms with Crippen LogP contribution in [0.4, 0.5) is 0 Å². The van der Waals surface area contributed by atoms with E-state index in [4.69, 9.17) is 0 Å². The Labute approximate surface area is 131 Å². The standard InChI is InChI=1S/C18H35N3/c1-8-16-12-17(21(9-2)20-16)11-15(10-14(3)4)13-19-18(5,6)7/h12,14-15,19H,8-11,13H2,1-7H3. The van der Waals surface area contributed by atoms with Gasteiger partial charge in [-0.15, -0.1) is 0 Å². The maximum atomic E-state index is 4.68. The number of nitrogens with zero attached hydrogens (tertiary/aromatic N) is 2. The zero-order valence-electron chi connectivity index (χ0n) is 15.2. The molecule has 122 valence electrons. The molecule has 1 N–H and O–H groups in total. The van der Waals surface area contributed by atoms with Gasteiger partial charge in [0.25, 0.3) is 0 Å². The van der Waals surface area contributed by atoms with Crippen molar-refractivity contribution in [2.24, 2.45) is 11.8 Å². The first-order valence-electron chi connectivity index (χ1n) is 8.55. The van der Waals surface area contributed by atoms with Crippen LogP contribution in [0.5, 0.6) is 0 Å². The Morgan fingerprint density at radius 1 is 1.24 bits per heavy atom. The van der Waals surface area contributed by atoms with E-state index in [-0.39, 0.29) is 5.54 Å². The molecule has 21 heavy (non-hydrogen) atoms. The zero-order valence-corrected chi connectivity index (χ0v) is 15.2. The molecule has 0 bridgehead atoms. The van der Waals surface area contributed by atoms with E-state index >= 15 is 0 Å². The van der Waals surface area contributed by atoms with Crippen molar-refractivity contribution >= 4 is 0 Å². The van der Waals surface area contributed by atoms with Crippen molar-refractivity contribution < 1.29 is 0 Å². The van der Waals surface area contributed by atoms with Crippen molar-refractivity contribution in [3.05, 3.63) is 17.5 Å². The molecule has 0 aliphatic heterocycles. The molecule has 0 saturated carbocycles. The lowest BCUT2D eigenvalue weighted by atomic mass is 9.91. The second-order valence-corrected chi connectivity index (χ2v) is 7.63. The van der Waals surface area contributed by atoms with Crippen LogP contribution in [-0.4, -0.2) is 21.9 Å². The van der Waals surface area contributed by atoms with Gasteiger partial charge in [-0.1, -0.05) is 20.8 Å². The average molecular weight is 293 g/mol. The highest BCUT2D eigenvalue weighted by Crippen LogP contribution is 2.19. The van der Waals surface area contributed by atoms with E-state index < -0.39 is 0 Å². The number of rotatable bonds is 8. The smallest absolute Gasteiger partial charge is 0.0624 e. The van der Waals surface area contributed by atoms with Crippen molar-refractivity contribution in [3.8, 4) is 0 Å². The van der Waals surface area contributed by atoms with Gasteiger partial charge < -0.3 is 5.32 Å². The first-order chi connectivity index (χ1) is 9.75. The fourth-order valence-corrected chi connectivity index (χ4v) is 2.78. The van der Waals surface area contributed by atoms with Crippen molar-refractivity contribution in [1.82, 2.24) is 15.1 Å². The Hall–Kier alpha value is -0.830. The van der Waals surface area contributed by atoms with Gasteiger partial charge in [0, 0.05) is 17.8 Å². The SMILES string of the molecule is CCc1cc(CC(CNC(C)(C)C)CC(C)C)n(CC)n1. The lowest BCUT2D eigenvalue weighted by Gasteiger charge is -2.26. The lowest BCUT2D eigenvalue weighted by Crippen LogP contribution is -2.40. The van der Waals surface area contributed by atoms with E-state index in [0.29, 0.717) is 5.92 Å². The van der Waals surface area contributed by atoms with Crippen LogP contribution >= 0.6 is 0 Å². The summed E-state index contributed by atoms with van der Waals surface area (Å²) in [6.07, 6.45) is 3.41. The summed E-state index contributed by atoms with van der Waals surface area (Å²) >= 11 is 0. The monoisotopic (exact) mass is 293 g/mol. The average Bonchev–Trinajstić information content (AvgIpc) is 2.76. The molecule has 1 heterocycles. The maximum Gasteiger partial charge on any atom is 0.0624 e. The van der Waals surface area contributed by atoms with Crippen LogP contribution in [0.15, 0.2) is 6.07 Å². The molecule has 1 aromatic heterocycles. The summed E-state index contributed by atoms with van der Waals surface area (Å²) in [6, 6.07) is 2.30. The molecule has 1 unspecified atom stereocenters. The van der Waals surface area contributed by atoms with E-state index in [2.05, 4.69) is 69.6 Å². The van der Waals surface area contributed by atoms with Crippen LogP contribution in [0.25, 0.3) is 0 Å². The van der Waals surface area contributed by atoms with Crippen LogP contribution in [0.2, 0.25) is 0 Å². The second-order valence-electron chi connectivity index (χ2n) is 7.63. The van der Waals surface area contributed by atoms with Crippen LogP contribution in [0, 0.1) is 11.8 Å². The topological polar surface area (TPSA) is 29.9 Å². The van der Waals surface area contributed by atoms with E-state index in [1.54, 1.807) is 0 Å². The highest BCUT2D eigenvalue weighted by atomic mass is 15.3. The number of nitrogens with one attached hydrogen (secondary N) is 1. The Morgan fingerprint density at radius 2 is 1.90 bits per heavy atom. The minimum atomic E-state index is 0.189. The molecule has 0 saturated heterocycles. The predicted molar refractivity (Wildman–Crippen MR) is 91.7 cm³/mol. The Bertz CT molecular complexity index is 413. The van der Waals surface area contributed by atoms with Gasteiger partial charge in [-0.3, -0.25) is 4.68 Å². The molecular weight excluding hydrogens is 258 g/mol. The molecular formula is C18H35N3. The molecule has 0 aliphatic carbocycles. The van der Waals surface area contributed by atoms with Crippen LogP contribution in [-0.2, 0) is 19.4 Å². The first kappa shape index (κ1) is 18.2. The quantitative estimate of drug-likeness (QED) is 0.783. The molecule has 0 radical (unpaired) electrons. The van der Waals surface area contributed by atoms with Gasteiger partial charge >= 0.3 is 0 Å². The van der Waals surface area contributed by atoms with Crippen LogP contribution in [0.3, 0.4) is 0 Å². The maximum absolute atomic E-state index is 4.68. The minimum absolute atomic E-state index is 0.189. The Morgan fingerprint density at radius 3 is 2.38 bits per heavy atom. The molecule has 0 aliphatic rings. The van der Waals surface area contributed by atoms with Gasteiger partial charge in [-0.2, -0.15) is 5.10 Å². The summed E-state index contributed by atoms with van der Waals surface area (Å²) in [5, 5.41) is 8.36. The molecule has 3 nitrogen and oxygen atoms in total. The molecule has 0 aromatic carbocycles. The minimum Gasteiger partial charge on any atom is -0.312 e. The van der Waals surface area contributed by atoms with E-state index in [9.17, 15) is 0 Å². The lowest BCUT2D eigenvalue weighted by molar-refractivity contribution is 0.326. The summed E-state index contributed by atoms with van der Waals surface area (Å²) in [5.74, 6) is 1.41. The number of aryl methyl sites for hydroxylation is 2. The normalized spacial score (nSPS) is 13.9. The van der Waals surface area contributed by atoms with Crippen LogP contribution in [0.1, 0.15) is 66.3 Å². The van der Waals surface area contributed by atoms with Gasteiger partial charge in [-0.05, 0) is 71.4 Å².